The summed E-state index contributed by atoms with van der Waals surface area (Å²) in [6.45, 7) is 2.28. The van der Waals surface area contributed by atoms with E-state index in [9.17, 15) is 21.6 Å². The van der Waals surface area contributed by atoms with E-state index < -0.39 is 21.6 Å². The summed E-state index contributed by atoms with van der Waals surface area (Å²) in [5, 5.41) is 6.01. The summed E-state index contributed by atoms with van der Waals surface area (Å²) in [6.07, 6.45) is -3.22. The third kappa shape index (κ3) is 7.50. The summed E-state index contributed by atoms with van der Waals surface area (Å²) >= 11 is 0. The predicted octanol–water partition coefficient (Wildman–Crippen LogP) is 3.90. The lowest BCUT2D eigenvalue weighted by Crippen LogP contribution is -2.36. The van der Waals surface area contributed by atoms with Crippen molar-refractivity contribution in [2.75, 3.05) is 13.3 Å². The first-order chi connectivity index (χ1) is 13.0. The molecule has 0 bridgehead atoms. The lowest BCUT2D eigenvalue weighted by atomic mass is 10.1. The van der Waals surface area contributed by atoms with Crippen molar-refractivity contribution >= 4 is 39.8 Å². The molecule has 0 radical (unpaired) electrons. The van der Waals surface area contributed by atoms with E-state index in [0.29, 0.717) is 23.6 Å². The van der Waals surface area contributed by atoms with Gasteiger partial charge in [0.1, 0.15) is 0 Å². The Hall–Kier alpha value is -1.82. The van der Waals surface area contributed by atoms with E-state index >= 15 is 0 Å². The molecule has 160 valence electrons. The number of aryl methyl sites for hydroxylation is 1. The molecular weight excluding hydrogens is 518 g/mol. The van der Waals surface area contributed by atoms with E-state index in [0.717, 1.165) is 24.0 Å². The molecule has 29 heavy (non-hydrogen) atoms. The third-order valence-electron chi connectivity index (χ3n) is 4.04. The number of rotatable bonds is 5. The zero-order valence-corrected chi connectivity index (χ0v) is 19.3. The fourth-order valence-corrected chi connectivity index (χ4v) is 3.65. The van der Waals surface area contributed by atoms with Gasteiger partial charge < -0.3 is 10.6 Å². The van der Waals surface area contributed by atoms with Gasteiger partial charge in [-0.15, -0.1) is 24.0 Å². The highest BCUT2D eigenvalue weighted by atomic mass is 127. The maximum atomic E-state index is 12.8. The Bertz CT molecular complexity index is 977. The fourth-order valence-electron chi connectivity index (χ4n) is 2.69. The normalized spacial score (nSPS) is 12.3. The summed E-state index contributed by atoms with van der Waals surface area (Å²) in [5.74, 6) is 0.419. The maximum Gasteiger partial charge on any atom is 0.416 e. The van der Waals surface area contributed by atoms with Crippen molar-refractivity contribution < 1.29 is 21.6 Å². The largest absolute Gasteiger partial charge is 0.416 e. The van der Waals surface area contributed by atoms with Crippen LogP contribution in [-0.4, -0.2) is 27.7 Å². The zero-order valence-electron chi connectivity index (χ0n) is 16.2. The molecular formula is C19H23F3IN3O2S. The molecule has 0 amide bonds. The highest BCUT2D eigenvalue weighted by Gasteiger charge is 2.30. The van der Waals surface area contributed by atoms with Crippen molar-refractivity contribution in [3.05, 3.63) is 64.7 Å². The first kappa shape index (κ1) is 25.2. The summed E-state index contributed by atoms with van der Waals surface area (Å²) in [7, 11) is -1.72. The van der Waals surface area contributed by atoms with Crippen LogP contribution in [0, 0.1) is 6.92 Å². The molecule has 2 aromatic rings. The average Bonchev–Trinajstić information content (AvgIpc) is 2.60. The predicted molar refractivity (Wildman–Crippen MR) is 118 cm³/mol. The van der Waals surface area contributed by atoms with Crippen LogP contribution in [0.1, 0.15) is 22.3 Å². The van der Waals surface area contributed by atoms with Crippen LogP contribution < -0.4 is 10.6 Å². The standard InChI is InChI=1S/C19H22F3N3O2S.HI/c1-13-9-15(7-8-17(13)28(3,26)27)12-25-18(23-2)24-11-14-5-4-6-16(10-14)19(20,21)22;/h4-10H,11-12H2,1-3H3,(H2,23,24,25);1H. The number of benzene rings is 2. The molecule has 2 aromatic carbocycles. The van der Waals surface area contributed by atoms with Crippen molar-refractivity contribution in [3.8, 4) is 0 Å². The van der Waals surface area contributed by atoms with Crippen LogP contribution in [0.2, 0.25) is 0 Å². The Morgan fingerprint density at radius 2 is 1.62 bits per heavy atom. The van der Waals surface area contributed by atoms with Gasteiger partial charge in [-0.1, -0.05) is 24.3 Å². The highest BCUT2D eigenvalue weighted by Crippen LogP contribution is 2.29. The fraction of sp³-hybridized carbons (Fsp3) is 0.316. The Morgan fingerprint density at radius 3 is 2.10 bits per heavy atom. The number of sulfone groups is 1. The smallest absolute Gasteiger partial charge is 0.352 e. The van der Waals surface area contributed by atoms with Gasteiger partial charge in [0.25, 0.3) is 0 Å². The number of halogens is 4. The molecule has 0 saturated heterocycles. The first-order valence-corrected chi connectivity index (χ1v) is 10.3. The van der Waals surface area contributed by atoms with Crippen molar-refractivity contribution in [1.82, 2.24) is 10.6 Å². The van der Waals surface area contributed by atoms with Gasteiger partial charge in [-0.2, -0.15) is 13.2 Å². The van der Waals surface area contributed by atoms with Gasteiger partial charge >= 0.3 is 6.18 Å². The van der Waals surface area contributed by atoms with E-state index in [1.807, 2.05) is 0 Å². The van der Waals surface area contributed by atoms with Crippen molar-refractivity contribution in [2.45, 2.75) is 31.1 Å². The molecule has 0 aromatic heterocycles. The van der Waals surface area contributed by atoms with E-state index in [2.05, 4.69) is 15.6 Å². The van der Waals surface area contributed by atoms with Crippen molar-refractivity contribution in [2.24, 2.45) is 4.99 Å². The van der Waals surface area contributed by atoms with Crippen LogP contribution in [0.4, 0.5) is 13.2 Å². The molecule has 0 aliphatic carbocycles. The minimum atomic E-state index is -4.38. The number of guanidine groups is 1. The first-order valence-electron chi connectivity index (χ1n) is 8.41. The quantitative estimate of drug-likeness (QED) is 0.343. The second kappa shape index (κ2) is 10.3. The van der Waals surface area contributed by atoms with Gasteiger partial charge in [0, 0.05) is 26.4 Å². The molecule has 2 N–H and O–H groups in total. The Morgan fingerprint density at radius 1 is 1.03 bits per heavy atom. The molecule has 0 aliphatic rings. The SMILES string of the molecule is CN=C(NCc1cccc(C(F)(F)F)c1)NCc1ccc(S(C)(=O)=O)c(C)c1.I. The van der Waals surface area contributed by atoms with Gasteiger partial charge in [-0.05, 0) is 41.8 Å². The van der Waals surface area contributed by atoms with Crippen LogP contribution in [0.25, 0.3) is 0 Å². The molecule has 0 fully saturated rings. The molecule has 0 aliphatic heterocycles. The van der Waals surface area contributed by atoms with Crippen LogP contribution in [0.15, 0.2) is 52.4 Å². The number of hydrogen-bond acceptors (Lipinski definition) is 3. The number of nitrogens with zero attached hydrogens (tertiary/aromatic N) is 1. The van der Waals surface area contributed by atoms with Crippen molar-refractivity contribution in [1.29, 1.82) is 0 Å². The molecule has 0 heterocycles. The van der Waals surface area contributed by atoms with Gasteiger partial charge in [-0.3, -0.25) is 4.99 Å². The van der Waals surface area contributed by atoms with Crippen LogP contribution in [0.5, 0.6) is 0 Å². The second-order valence-corrected chi connectivity index (χ2v) is 8.33. The molecule has 2 rings (SSSR count). The Balaban J connectivity index is 0.00000420. The lowest BCUT2D eigenvalue weighted by Gasteiger charge is -2.14. The topological polar surface area (TPSA) is 70.6 Å². The van der Waals surface area contributed by atoms with Crippen LogP contribution in [-0.2, 0) is 29.1 Å². The number of nitrogens with one attached hydrogen (secondary N) is 2. The minimum Gasteiger partial charge on any atom is -0.352 e. The highest BCUT2D eigenvalue weighted by molar-refractivity contribution is 14.0. The van der Waals surface area contributed by atoms with Crippen molar-refractivity contribution in [3.63, 3.8) is 0 Å². The third-order valence-corrected chi connectivity index (χ3v) is 5.29. The molecule has 5 nitrogen and oxygen atoms in total. The summed E-state index contributed by atoms with van der Waals surface area (Å²) in [5.41, 5.74) is 1.28. The number of aliphatic imine (C=N–C) groups is 1. The molecule has 0 atom stereocenters. The van der Waals surface area contributed by atoms with Gasteiger partial charge in [0.2, 0.25) is 0 Å². The number of hydrogen-bond donors (Lipinski definition) is 2. The summed E-state index contributed by atoms with van der Waals surface area (Å²) in [6, 6.07) is 10.1. The zero-order chi connectivity index (χ0) is 20.9. The van der Waals surface area contributed by atoms with E-state index in [1.165, 1.54) is 6.07 Å². The van der Waals surface area contributed by atoms with E-state index in [1.54, 1.807) is 38.2 Å². The number of alkyl halides is 3. The van der Waals surface area contributed by atoms with Gasteiger partial charge in [0.05, 0.1) is 10.5 Å². The van der Waals surface area contributed by atoms with E-state index in [-0.39, 0.29) is 35.4 Å². The maximum absolute atomic E-state index is 12.8. The van der Waals surface area contributed by atoms with Crippen LogP contribution in [0.3, 0.4) is 0 Å². The summed E-state index contributed by atoms with van der Waals surface area (Å²) in [4.78, 5) is 4.33. The molecule has 0 saturated carbocycles. The summed E-state index contributed by atoms with van der Waals surface area (Å²) < 4.78 is 61.7. The van der Waals surface area contributed by atoms with Crippen LogP contribution >= 0.6 is 24.0 Å². The Labute approximate surface area is 185 Å². The lowest BCUT2D eigenvalue weighted by molar-refractivity contribution is -0.137. The van der Waals surface area contributed by atoms with E-state index in [4.69, 9.17) is 0 Å². The Kier molecular flexibility index (Phi) is 8.94. The van der Waals surface area contributed by atoms with Gasteiger partial charge in [0.15, 0.2) is 15.8 Å². The average molecular weight is 541 g/mol. The molecule has 10 heteroatoms. The molecule has 0 unspecified atom stereocenters. The second-order valence-electron chi connectivity index (χ2n) is 6.35. The monoisotopic (exact) mass is 541 g/mol. The van der Waals surface area contributed by atoms with Gasteiger partial charge in [-0.25, -0.2) is 8.42 Å². The minimum absolute atomic E-state index is 0. The molecule has 0 spiro atoms.